The average molecular weight is 311 g/mol. The highest BCUT2D eigenvalue weighted by Gasteiger charge is 2.10. The van der Waals surface area contributed by atoms with Crippen molar-refractivity contribution < 1.29 is 9.21 Å². The molecule has 1 aromatic heterocycles. The first-order valence-corrected chi connectivity index (χ1v) is 7.34. The second-order valence-corrected chi connectivity index (χ2v) is 5.17. The van der Waals surface area contributed by atoms with Gasteiger partial charge in [0.2, 0.25) is 0 Å². The van der Waals surface area contributed by atoms with Gasteiger partial charge in [0, 0.05) is 18.7 Å². The van der Waals surface area contributed by atoms with Crippen LogP contribution in [0, 0.1) is 0 Å². The number of oxazole rings is 1. The van der Waals surface area contributed by atoms with Gasteiger partial charge in [-0.1, -0.05) is 24.3 Å². The van der Waals surface area contributed by atoms with E-state index in [4.69, 9.17) is 10.2 Å². The Balaban J connectivity index is 1.89. The monoisotopic (exact) mass is 311 g/mol. The fourth-order valence-corrected chi connectivity index (χ4v) is 2.44. The number of nitrogens with zero attached hydrogens (tertiary/aromatic N) is 1. The third kappa shape index (κ3) is 3.17. The molecule has 0 atom stereocenters. The number of hydrogen-bond acceptors (Lipinski definition) is 4. The lowest BCUT2D eigenvalue weighted by Crippen LogP contribution is -2.29. The third-order valence-electron chi connectivity index (χ3n) is 3.53. The first-order valence-electron chi connectivity index (χ1n) is 7.34. The Labute approximate surface area is 132 Å². The van der Waals surface area contributed by atoms with Crippen molar-refractivity contribution in [3.63, 3.8) is 0 Å². The van der Waals surface area contributed by atoms with E-state index in [-0.39, 0.29) is 5.91 Å². The molecule has 0 fully saturated rings. The van der Waals surface area contributed by atoms with Crippen molar-refractivity contribution in [3.05, 3.63) is 70.2 Å². The summed E-state index contributed by atoms with van der Waals surface area (Å²) in [6.45, 7) is 1.16. The molecule has 0 unspecified atom stereocenters. The predicted molar refractivity (Wildman–Crippen MR) is 87.4 cm³/mol. The van der Waals surface area contributed by atoms with E-state index >= 15 is 0 Å². The van der Waals surface area contributed by atoms with Gasteiger partial charge in [-0.2, -0.15) is 0 Å². The van der Waals surface area contributed by atoms with Crippen molar-refractivity contribution >= 4 is 17.0 Å². The lowest BCUT2D eigenvalue weighted by molar-refractivity contribution is 0.0954. The van der Waals surface area contributed by atoms with Gasteiger partial charge in [0.05, 0.1) is 12.1 Å². The molecular weight excluding hydrogens is 294 g/mol. The van der Waals surface area contributed by atoms with Crippen LogP contribution >= 0.6 is 0 Å². The molecule has 0 radical (unpaired) electrons. The van der Waals surface area contributed by atoms with Gasteiger partial charge in [-0.05, 0) is 29.8 Å². The molecule has 6 heteroatoms. The number of nitrogens with one attached hydrogen (secondary N) is 1. The Bertz CT molecular complexity index is 895. The van der Waals surface area contributed by atoms with Crippen molar-refractivity contribution in [1.29, 1.82) is 0 Å². The molecule has 6 nitrogen and oxygen atoms in total. The SMILES string of the molecule is NCCNC(=O)c1cccc(Cn2c(=O)oc3ccccc32)c1. The quantitative estimate of drug-likeness (QED) is 0.744. The number of amides is 1. The molecule has 3 rings (SSSR count). The topological polar surface area (TPSA) is 90.3 Å². The zero-order valence-corrected chi connectivity index (χ0v) is 12.5. The van der Waals surface area contributed by atoms with Crippen molar-refractivity contribution in [2.24, 2.45) is 5.73 Å². The van der Waals surface area contributed by atoms with Crippen LogP contribution in [0.15, 0.2) is 57.7 Å². The Kier molecular flexibility index (Phi) is 4.25. The van der Waals surface area contributed by atoms with Crippen LogP contribution in [-0.4, -0.2) is 23.6 Å². The molecule has 3 N–H and O–H groups in total. The molecule has 118 valence electrons. The highest BCUT2D eigenvalue weighted by Crippen LogP contribution is 2.14. The van der Waals surface area contributed by atoms with Crippen LogP contribution in [0.1, 0.15) is 15.9 Å². The molecule has 0 saturated carbocycles. The average Bonchev–Trinajstić information content (AvgIpc) is 2.89. The van der Waals surface area contributed by atoms with E-state index < -0.39 is 5.76 Å². The summed E-state index contributed by atoms with van der Waals surface area (Å²) in [7, 11) is 0. The first kappa shape index (κ1) is 15.1. The number of para-hydroxylation sites is 2. The highest BCUT2D eigenvalue weighted by molar-refractivity contribution is 5.94. The van der Waals surface area contributed by atoms with Gasteiger partial charge >= 0.3 is 5.76 Å². The smallest absolute Gasteiger partial charge is 0.408 e. The fraction of sp³-hybridized carbons (Fsp3) is 0.176. The molecule has 0 spiro atoms. The van der Waals surface area contributed by atoms with Crippen molar-refractivity contribution in [3.8, 4) is 0 Å². The fourth-order valence-electron chi connectivity index (χ4n) is 2.44. The minimum atomic E-state index is -0.413. The molecule has 1 amide bonds. The number of carbonyl (C=O) groups is 1. The minimum Gasteiger partial charge on any atom is -0.408 e. The molecule has 0 aliphatic carbocycles. The second kappa shape index (κ2) is 6.50. The van der Waals surface area contributed by atoms with E-state index in [1.54, 1.807) is 28.8 Å². The number of carbonyl (C=O) groups excluding carboxylic acids is 1. The Morgan fingerprint density at radius 1 is 1.17 bits per heavy atom. The predicted octanol–water partition coefficient (Wildman–Crippen LogP) is 1.33. The van der Waals surface area contributed by atoms with Crippen molar-refractivity contribution in [2.75, 3.05) is 13.1 Å². The van der Waals surface area contributed by atoms with Crippen LogP contribution < -0.4 is 16.8 Å². The van der Waals surface area contributed by atoms with Gasteiger partial charge < -0.3 is 15.5 Å². The first-order chi connectivity index (χ1) is 11.2. The van der Waals surface area contributed by atoms with Gasteiger partial charge in [-0.25, -0.2) is 4.79 Å². The summed E-state index contributed by atoms with van der Waals surface area (Å²) < 4.78 is 6.76. The number of benzene rings is 2. The number of aromatic nitrogens is 1. The lowest BCUT2D eigenvalue weighted by atomic mass is 10.1. The normalized spacial score (nSPS) is 10.8. The van der Waals surface area contributed by atoms with E-state index in [1.807, 2.05) is 24.3 Å². The van der Waals surface area contributed by atoms with E-state index in [0.29, 0.717) is 30.8 Å². The molecule has 1 heterocycles. The number of fused-ring (bicyclic) bond motifs is 1. The van der Waals surface area contributed by atoms with E-state index in [9.17, 15) is 9.59 Å². The molecule has 3 aromatic rings. The molecular formula is C17H17N3O3. The zero-order valence-electron chi connectivity index (χ0n) is 12.5. The van der Waals surface area contributed by atoms with E-state index in [0.717, 1.165) is 11.1 Å². The maximum atomic E-state index is 12.0. The van der Waals surface area contributed by atoms with Crippen LogP contribution in [0.5, 0.6) is 0 Å². The molecule has 2 aromatic carbocycles. The molecule has 0 aliphatic rings. The molecule has 0 aliphatic heterocycles. The zero-order chi connectivity index (χ0) is 16.2. The van der Waals surface area contributed by atoms with Crippen LogP contribution in [-0.2, 0) is 6.54 Å². The number of rotatable bonds is 5. The summed E-state index contributed by atoms with van der Waals surface area (Å²) in [6.07, 6.45) is 0. The Morgan fingerprint density at radius 2 is 2.00 bits per heavy atom. The summed E-state index contributed by atoms with van der Waals surface area (Å²) >= 11 is 0. The lowest BCUT2D eigenvalue weighted by Gasteiger charge is -2.07. The number of nitrogens with two attached hydrogens (primary N) is 1. The molecule has 23 heavy (non-hydrogen) atoms. The summed E-state index contributed by atoms with van der Waals surface area (Å²) in [6, 6.07) is 14.4. The van der Waals surface area contributed by atoms with Gasteiger partial charge in [-0.15, -0.1) is 0 Å². The van der Waals surface area contributed by atoms with Gasteiger partial charge in [0.1, 0.15) is 0 Å². The van der Waals surface area contributed by atoms with Crippen LogP contribution in [0.3, 0.4) is 0 Å². The van der Waals surface area contributed by atoms with Gasteiger partial charge in [-0.3, -0.25) is 9.36 Å². The molecule has 0 saturated heterocycles. The van der Waals surface area contributed by atoms with Gasteiger partial charge in [0.15, 0.2) is 5.58 Å². The Hall–Kier alpha value is -2.86. The number of hydrogen-bond donors (Lipinski definition) is 2. The third-order valence-corrected chi connectivity index (χ3v) is 3.53. The van der Waals surface area contributed by atoms with Crippen LogP contribution in [0.2, 0.25) is 0 Å². The Morgan fingerprint density at radius 3 is 2.83 bits per heavy atom. The standard InChI is InChI=1S/C17H17N3O3/c18-8-9-19-16(21)13-5-3-4-12(10-13)11-20-14-6-1-2-7-15(14)23-17(20)22/h1-7,10H,8-9,11,18H2,(H,19,21). The van der Waals surface area contributed by atoms with E-state index in [1.165, 1.54) is 0 Å². The van der Waals surface area contributed by atoms with Gasteiger partial charge in [0.25, 0.3) is 5.91 Å². The maximum Gasteiger partial charge on any atom is 0.420 e. The second-order valence-electron chi connectivity index (χ2n) is 5.17. The molecule has 0 bridgehead atoms. The summed E-state index contributed by atoms with van der Waals surface area (Å²) in [5.41, 5.74) is 8.05. The largest absolute Gasteiger partial charge is 0.420 e. The minimum absolute atomic E-state index is 0.179. The summed E-state index contributed by atoms with van der Waals surface area (Å²) in [5.74, 6) is -0.592. The van der Waals surface area contributed by atoms with Crippen LogP contribution in [0.4, 0.5) is 0 Å². The van der Waals surface area contributed by atoms with Crippen molar-refractivity contribution in [1.82, 2.24) is 9.88 Å². The summed E-state index contributed by atoms with van der Waals surface area (Å²) in [4.78, 5) is 24.0. The van der Waals surface area contributed by atoms with E-state index in [2.05, 4.69) is 5.32 Å². The highest BCUT2D eigenvalue weighted by atomic mass is 16.4. The van der Waals surface area contributed by atoms with Crippen molar-refractivity contribution in [2.45, 2.75) is 6.54 Å². The maximum absolute atomic E-state index is 12.0. The summed E-state index contributed by atoms with van der Waals surface area (Å²) in [5, 5.41) is 2.72. The van der Waals surface area contributed by atoms with Crippen LogP contribution in [0.25, 0.3) is 11.1 Å².